The number of aromatic nitrogens is 3. The van der Waals surface area contributed by atoms with Crippen LogP contribution in [-0.2, 0) is 32.8 Å². The Kier molecular flexibility index (Phi) is 14.4. The second-order valence-corrected chi connectivity index (χ2v) is 18.3. The van der Waals surface area contributed by atoms with Crippen LogP contribution < -0.4 is 40.3 Å². The number of likely N-dealkylation sites (tertiary alicyclic amines) is 1. The monoisotopic (exact) mass is 1040 g/mol. The molecule has 6 amide bonds. The molecule has 2 saturated heterocycles. The number of anilines is 2. The highest BCUT2D eigenvalue weighted by atomic mass is 19.4. The quantitative estimate of drug-likeness (QED) is 0.0532. The van der Waals surface area contributed by atoms with Gasteiger partial charge in [0.25, 0.3) is 11.8 Å². The number of aryl methyl sites for hydroxylation is 1. The zero-order chi connectivity index (χ0) is 53.3. The zero-order valence-corrected chi connectivity index (χ0v) is 40.6. The minimum atomic E-state index is -5.01. The molecule has 2 fully saturated rings. The molecule has 390 valence electrons. The van der Waals surface area contributed by atoms with Crippen molar-refractivity contribution >= 4 is 68.6 Å². The van der Waals surface area contributed by atoms with Gasteiger partial charge in [0.05, 0.1) is 35.5 Å². The normalized spacial score (nSPS) is 15.9. The molecule has 0 saturated carbocycles. The summed E-state index contributed by atoms with van der Waals surface area (Å²) in [6.45, 7) is 2.86. The number of alkyl halides is 3. The lowest BCUT2D eigenvalue weighted by Crippen LogP contribution is -2.52. The van der Waals surface area contributed by atoms with Crippen LogP contribution in [-0.4, -0.2) is 99.0 Å². The lowest BCUT2D eigenvalue weighted by Gasteiger charge is -2.32. The Bertz CT molecular complexity index is 3380. The molecule has 19 nitrogen and oxygen atoms in total. The molecule has 3 aliphatic heterocycles. The van der Waals surface area contributed by atoms with Crippen molar-refractivity contribution in [3.63, 3.8) is 0 Å². The number of piperidine rings is 2. The largest absolute Gasteiger partial charge is 0.573 e. The number of amides is 6. The lowest BCUT2D eigenvalue weighted by atomic mass is 9.93. The van der Waals surface area contributed by atoms with Crippen LogP contribution in [0.4, 0.5) is 28.9 Å². The van der Waals surface area contributed by atoms with Crippen molar-refractivity contribution in [2.45, 2.75) is 70.8 Å². The van der Waals surface area contributed by atoms with Gasteiger partial charge in [-0.15, -0.1) is 13.2 Å². The fourth-order valence-corrected chi connectivity index (χ4v) is 9.51. The van der Waals surface area contributed by atoms with Gasteiger partial charge >= 0.3 is 6.36 Å². The average Bonchev–Trinajstić information content (AvgIpc) is 3.69. The number of carbonyl (C=O) groups excluding carboxylic acids is 6. The van der Waals surface area contributed by atoms with Crippen molar-refractivity contribution in [1.29, 1.82) is 0 Å². The summed E-state index contributed by atoms with van der Waals surface area (Å²) in [7, 11) is 2.96. The number of rotatable bonds is 15. The third kappa shape index (κ3) is 11.2. The molecule has 0 radical (unpaired) electrons. The summed E-state index contributed by atoms with van der Waals surface area (Å²) in [6, 6.07) is 14.2. The van der Waals surface area contributed by atoms with Gasteiger partial charge in [0.2, 0.25) is 34.9 Å². The molecule has 6 aromatic rings. The SMILES string of the molecule is COc1cc2c(Oc3ccc(NC(=O)c4c(C)n(C)c5ccc(OC(F)(F)F)cc5c4=O)cc3F)ncnc2cc1OCCCC(=O)N1CCC(CC(=O)Nc2ccc3c(c2)C(=O)N(C2CCC(=O)NC2=O)C3)CC1. The first kappa shape index (κ1) is 51.3. The standard InChI is InChI=1S/C52H48F4N8O11/c1-27-46(47(68)35-22-32(75-52(54,55)56)9-10-38(35)62(27)2)49(70)60-31-8-12-40(36(53)21-31)74-50-34-23-41(72-3)42(24-37(34)57-26-58-50)73-18-4-5-45(67)63-16-14-28(15-17-63)19-44(66)59-30-7-6-29-25-64(51(71)33(29)20-30)39-11-13-43(65)61-48(39)69/h6-10,12,20-24,26,28,39H,4-5,11,13-19,25H2,1-3H3,(H,59,66)(H,60,70)(H,61,65,69). The predicted octanol–water partition coefficient (Wildman–Crippen LogP) is 7.07. The second kappa shape index (κ2) is 21.1. The number of halogens is 4. The number of carbonyl (C=O) groups is 6. The van der Waals surface area contributed by atoms with E-state index in [-0.39, 0.29) is 114 Å². The Morgan fingerprint density at radius 3 is 2.36 bits per heavy atom. The number of pyridine rings is 1. The molecule has 1 unspecified atom stereocenters. The zero-order valence-electron chi connectivity index (χ0n) is 40.6. The van der Waals surface area contributed by atoms with E-state index in [1.165, 1.54) is 55.1 Å². The second-order valence-electron chi connectivity index (χ2n) is 18.3. The van der Waals surface area contributed by atoms with Crippen molar-refractivity contribution in [3.8, 4) is 28.9 Å². The van der Waals surface area contributed by atoms with Gasteiger partial charge in [-0.2, -0.15) is 0 Å². The number of methoxy groups -OCH3 is 1. The van der Waals surface area contributed by atoms with Gasteiger partial charge in [-0.1, -0.05) is 6.07 Å². The summed E-state index contributed by atoms with van der Waals surface area (Å²) in [5, 5.41) is 7.78. The fourth-order valence-electron chi connectivity index (χ4n) is 9.51. The first-order valence-corrected chi connectivity index (χ1v) is 23.8. The molecule has 4 aromatic carbocycles. The molecule has 5 heterocycles. The van der Waals surface area contributed by atoms with Crippen molar-refractivity contribution < 1.29 is 65.3 Å². The molecule has 1 atom stereocenters. The number of hydrogen-bond acceptors (Lipinski definition) is 13. The van der Waals surface area contributed by atoms with Crippen LogP contribution in [0.1, 0.15) is 76.9 Å². The molecular weight excluding hydrogens is 989 g/mol. The highest BCUT2D eigenvalue weighted by Gasteiger charge is 2.39. The van der Waals surface area contributed by atoms with Gasteiger partial charge in [-0.3, -0.25) is 38.9 Å². The third-order valence-electron chi connectivity index (χ3n) is 13.5. The van der Waals surface area contributed by atoms with E-state index < -0.39 is 41.2 Å². The molecule has 0 bridgehead atoms. The van der Waals surface area contributed by atoms with Crippen LogP contribution in [0.15, 0.2) is 77.9 Å². The van der Waals surface area contributed by atoms with Crippen LogP contribution in [0.5, 0.6) is 28.9 Å². The summed E-state index contributed by atoms with van der Waals surface area (Å²) < 4.78 is 77.2. The third-order valence-corrected chi connectivity index (χ3v) is 13.5. The van der Waals surface area contributed by atoms with E-state index in [0.29, 0.717) is 60.3 Å². The van der Waals surface area contributed by atoms with E-state index in [9.17, 15) is 46.7 Å². The van der Waals surface area contributed by atoms with E-state index in [0.717, 1.165) is 23.8 Å². The molecule has 0 spiro atoms. The summed E-state index contributed by atoms with van der Waals surface area (Å²) in [4.78, 5) is 102. The van der Waals surface area contributed by atoms with E-state index in [2.05, 4.69) is 30.7 Å². The first-order chi connectivity index (χ1) is 35.8. The number of hydrogen-bond donors (Lipinski definition) is 3. The maximum Gasteiger partial charge on any atom is 0.573 e. The Morgan fingerprint density at radius 2 is 1.63 bits per heavy atom. The minimum Gasteiger partial charge on any atom is -0.493 e. The summed E-state index contributed by atoms with van der Waals surface area (Å²) in [5.41, 5.74) is 1.13. The smallest absolute Gasteiger partial charge is 0.493 e. The Balaban J connectivity index is 0.746. The van der Waals surface area contributed by atoms with Gasteiger partial charge in [-0.05, 0) is 92.6 Å². The molecule has 0 aliphatic carbocycles. The van der Waals surface area contributed by atoms with Crippen LogP contribution in [0.2, 0.25) is 0 Å². The van der Waals surface area contributed by atoms with Crippen LogP contribution in [0.25, 0.3) is 21.8 Å². The number of nitrogens with one attached hydrogen (secondary N) is 3. The van der Waals surface area contributed by atoms with Crippen molar-refractivity contribution in [3.05, 3.63) is 111 Å². The predicted molar refractivity (Wildman–Crippen MR) is 261 cm³/mol. The maximum absolute atomic E-state index is 15.6. The van der Waals surface area contributed by atoms with E-state index in [4.69, 9.17) is 14.2 Å². The lowest BCUT2D eigenvalue weighted by molar-refractivity contribution is -0.274. The van der Waals surface area contributed by atoms with E-state index >= 15 is 4.39 Å². The molecule has 3 aliphatic rings. The van der Waals surface area contributed by atoms with Crippen LogP contribution in [0, 0.1) is 18.7 Å². The van der Waals surface area contributed by atoms with Crippen molar-refractivity contribution in [2.75, 3.05) is 37.4 Å². The number of ether oxygens (including phenoxy) is 4. The van der Waals surface area contributed by atoms with Gasteiger partial charge in [0.15, 0.2) is 23.1 Å². The van der Waals surface area contributed by atoms with Crippen LogP contribution in [0.3, 0.4) is 0 Å². The summed E-state index contributed by atoms with van der Waals surface area (Å²) >= 11 is 0. The van der Waals surface area contributed by atoms with Gasteiger partial charge in [0.1, 0.15) is 23.7 Å². The Morgan fingerprint density at radius 1 is 0.867 bits per heavy atom. The number of benzene rings is 4. The van der Waals surface area contributed by atoms with Gasteiger partial charge in [0, 0.05) is 80.7 Å². The van der Waals surface area contributed by atoms with Crippen LogP contribution >= 0.6 is 0 Å². The Hall–Kier alpha value is -8.63. The highest BCUT2D eigenvalue weighted by Crippen LogP contribution is 2.38. The summed E-state index contributed by atoms with van der Waals surface area (Å²) in [6.07, 6.45) is -1.30. The van der Waals surface area contributed by atoms with Crippen molar-refractivity contribution in [2.24, 2.45) is 13.0 Å². The molecule has 23 heteroatoms. The van der Waals surface area contributed by atoms with Crippen molar-refractivity contribution in [1.82, 2.24) is 29.7 Å². The Labute approximate surface area is 424 Å². The van der Waals surface area contributed by atoms with E-state index in [1.54, 1.807) is 35.2 Å². The number of imide groups is 1. The topological polar surface area (TPSA) is 230 Å². The summed E-state index contributed by atoms with van der Waals surface area (Å²) in [5.74, 6) is -3.62. The van der Waals surface area contributed by atoms with E-state index in [1.807, 2.05) is 0 Å². The molecular formula is C52H48F4N8O11. The molecule has 2 aromatic heterocycles. The fraction of sp³-hybridized carbons (Fsp3) is 0.327. The highest BCUT2D eigenvalue weighted by molar-refractivity contribution is 6.07. The number of nitrogens with zero attached hydrogens (tertiary/aromatic N) is 5. The number of fused-ring (bicyclic) bond motifs is 3. The van der Waals surface area contributed by atoms with Gasteiger partial charge < -0.3 is 43.9 Å². The molecule has 3 N–H and O–H groups in total. The average molecular weight is 1040 g/mol. The maximum atomic E-state index is 15.6. The molecule has 75 heavy (non-hydrogen) atoms. The minimum absolute atomic E-state index is 0.0435. The van der Waals surface area contributed by atoms with Gasteiger partial charge in [-0.25, -0.2) is 14.4 Å². The first-order valence-electron chi connectivity index (χ1n) is 23.8. The molecule has 9 rings (SSSR count).